The fourth-order valence-corrected chi connectivity index (χ4v) is 2.84. The smallest absolute Gasteiger partial charge is 0.262 e. The average molecular weight is 376 g/mol. The summed E-state index contributed by atoms with van der Waals surface area (Å²) < 4.78 is 29.6. The largest absolute Gasteiger partial charge is 0.484 e. The number of ether oxygens (including phenoxy) is 1. The van der Waals surface area contributed by atoms with Gasteiger partial charge in [0.2, 0.25) is 10.0 Å². The van der Waals surface area contributed by atoms with Crippen LogP contribution in [0.2, 0.25) is 0 Å². The Morgan fingerprint density at radius 1 is 1.08 bits per heavy atom. The van der Waals surface area contributed by atoms with E-state index in [0.717, 1.165) is 22.4 Å². The number of benzene rings is 2. The summed E-state index contributed by atoms with van der Waals surface area (Å²) in [5, 5.41) is 2.81. The highest BCUT2D eigenvalue weighted by molar-refractivity contribution is 7.88. The number of carbonyl (C=O) groups excluding carboxylic acids is 1. The zero-order chi connectivity index (χ0) is 19.3. The van der Waals surface area contributed by atoms with Crippen molar-refractivity contribution in [1.82, 2.24) is 4.31 Å². The van der Waals surface area contributed by atoms with Gasteiger partial charge in [-0.15, -0.1) is 0 Å². The van der Waals surface area contributed by atoms with Crippen LogP contribution in [0.4, 0.5) is 5.69 Å². The SMILES string of the molecule is Cc1cc(C)cc(NC(=O)COc2ccc(CN(C)S(C)(=O)=O)cc2)c1. The van der Waals surface area contributed by atoms with E-state index in [4.69, 9.17) is 4.74 Å². The standard InChI is InChI=1S/C19H24N2O4S/c1-14-9-15(2)11-17(10-14)20-19(22)13-25-18-7-5-16(6-8-18)12-21(3)26(4,23)24/h5-11H,12-13H2,1-4H3,(H,20,22). The number of aryl methyl sites for hydroxylation is 2. The van der Waals surface area contributed by atoms with Crippen molar-refractivity contribution in [3.05, 3.63) is 59.2 Å². The lowest BCUT2D eigenvalue weighted by atomic mass is 10.1. The van der Waals surface area contributed by atoms with E-state index in [1.54, 1.807) is 24.3 Å². The molecule has 0 aliphatic carbocycles. The zero-order valence-electron chi connectivity index (χ0n) is 15.4. The number of rotatable bonds is 7. The van der Waals surface area contributed by atoms with Gasteiger partial charge in [0.05, 0.1) is 6.26 Å². The summed E-state index contributed by atoms with van der Waals surface area (Å²) in [7, 11) is -1.69. The van der Waals surface area contributed by atoms with Crippen LogP contribution in [-0.2, 0) is 21.4 Å². The van der Waals surface area contributed by atoms with Crippen molar-refractivity contribution in [2.45, 2.75) is 20.4 Å². The predicted molar refractivity (Wildman–Crippen MR) is 103 cm³/mol. The Hall–Kier alpha value is -2.38. The Morgan fingerprint density at radius 3 is 2.19 bits per heavy atom. The van der Waals surface area contributed by atoms with E-state index in [0.29, 0.717) is 5.75 Å². The Bertz CT molecular complexity index is 857. The van der Waals surface area contributed by atoms with Crippen LogP contribution < -0.4 is 10.1 Å². The van der Waals surface area contributed by atoms with E-state index in [1.165, 1.54) is 17.6 Å². The first-order valence-electron chi connectivity index (χ1n) is 8.15. The number of carbonyl (C=O) groups is 1. The van der Waals surface area contributed by atoms with Crippen LogP contribution in [0, 0.1) is 13.8 Å². The van der Waals surface area contributed by atoms with E-state index >= 15 is 0 Å². The van der Waals surface area contributed by atoms with Crippen molar-refractivity contribution in [2.24, 2.45) is 0 Å². The maximum atomic E-state index is 12.0. The van der Waals surface area contributed by atoms with E-state index < -0.39 is 10.0 Å². The number of hydrogen-bond acceptors (Lipinski definition) is 4. The molecule has 0 spiro atoms. The predicted octanol–water partition coefficient (Wildman–Crippen LogP) is 2.71. The quantitative estimate of drug-likeness (QED) is 0.806. The van der Waals surface area contributed by atoms with Gasteiger partial charge >= 0.3 is 0 Å². The maximum absolute atomic E-state index is 12.0. The molecule has 0 radical (unpaired) electrons. The molecule has 1 amide bonds. The highest BCUT2D eigenvalue weighted by Crippen LogP contribution is 2.16. The van der Waals surface area contributed by atoms with Gasteiger partial charge in [0.15, 0.2) is 6.61 Å². The minimum atomic E-state index is -3.22. The Labute approximate surface area is 154 Å². The lowest BCUT2D eigenvalue weighted by molar-refractivity contribution is -0.118. The molecule has 0 unspecified atom stereocenters. The molecule has 0 bridgehead atoms. The van der Waals surface area contributed by atoms with Gasteiger partial charge in [0.1, 0.15) is 5.75 Å². The number of hydrogen-bond donors (Lipinski definition) is 1. The van der Waals surface area contributed by atoms with Crippen molar-refractivity contribution in [1.29, 1.82) is 0 Å². The minimum Gasteiger partial charge on any atom is -0.484 e. The number of nitrogens with zero attached hydrogens (tertiary/aromatic N) is 1. The summed E-state index contributed by atoms with van der Waals surface area (Å²) in [6, 6.07) is 12.8. The maximum Gasteiger partial charge on any atom is 0.262 e. The Morgan fingerprint density at radius 2 is 1.65 bits per heavy atom. The van der Waals surface area contributed by atoms with Crippen molar-refractivity contribution in [3.63, 3.8) is 0 Å². The second-order valence-electron chi connectivity index (χ2n) is 6.38. The highest BCUT2D eigenvalue weighted by atomic mass is 32.2. The van der Waals surface area contributed by atoms with Crippen molar-refractivity contribution < 1.29 is 17.9 Å². The van der Waals surface area contributed by atoms with Crippen LogP contribution in [0.3, 0.4) is 0 Å². The monoisotopic (exact) mass is 376 g/mol. The molecule has 0 fully saturated rings. The van der Waals surface area contributed by atoms with Gasteiger partial charge in [-0.2, -0.15) is 0 Å². The molecule has 26 heavy (non-hydrogen) atoms. The number of anilines is 1. The molecular weight excluding hydrogens is 352 g/mol. The molecule has 6 nitrogen and oxygen atoms in total. The van der Waals surface area contributed by atoms with Gasteiger partial charge in [-0.3, -0.25) is 4.79 Å². The second kappa shape index (κ2) is 8.33. The fourth-order valence-electron chi connectivity index (χ4n) is 2.46. The van der Waals surface area contributed by atoms with Crippen LogP contribution in [0.1, 0.15) is 16.7 Å². The molecule has 0 atom stereocenters. The summed E-state index contributed by atoms with van der Waals surface area (Å²) >= 11 is 0. The first-order valence-corrected chi connectivity index (χ1v) is 9.99. The van der Waals surface area contributed by atoms with E-state index in [-0.39, 0.29) is 19.1 Å². The summed E-state index contributed by atoms with van der Waals surface area (Å²) in [5.74, 6) is 0.308. The van der Waals surface area contributed by atoms with E-state index in [9.17, 15) is 13.2 Å². The molecule has 140 valence electrons. The first-order chi connectivity index (χ1) is 12.1. The Balaban J connectivity index is 1.88. The van der Waals surface area contributed by atoms with Gasteiger partial charge in [-0.25, -0.2) is 12.7 Å². The summed E-state index contributed by atoms with van der Waals surface area (Å²) in [6.45, 7) is 4.13. The molecule has 1 N–H and O–H groups in total. The third-order valence-corrected chi connectivity index (χ3v) is 5.03. The molecule has 0 aromatic heterocycles. The molecule has 0 saturated carbocycles. The average Bonchev–Trinajstić information content (AvgIpc) is 2.52. The fraction of sp³-hybridized carbons (Fsp3) is 0.316. The molecular formula is C19H24N2O4S. The van der Waals surface area contributed by atoms with E-state index in [1.807, 2.05) is 32.0 Å². The van der Waals surface area contributed by atoms with Crippen molar-refractivity contribution >= 4 is 21.6 Å². The lowest BCUT2D eigenvalue weighted by Gasteiger charge is -2.14. The number of amides is 1. The second-order valence-corrected chi connectivity index (χ2v) is 8.47. The lowest BCUT2D eigenvalue weighted by Crippen LogP contribution is -2.24. The van der Waals surface area contributed by atoms with Crippen LogP contribution in [0.25, 0.3) is 0 Å². The molecule has 0 aliphatic heterocycles. The summed E-state index contributed by atoms with van der Waals surface area (Å²) in [6.07, 6.45) is 1.17. The zero-order valence-corrected chi connectivity index (χ0v) is 16.3. The normalized spacial score (nSPS) is 11.4. The molecule has 2 aromatic carbocycles. The molecule has 2 aromatic rings. The van der Waals surface area contributed by atoms with Gasteiger partial charge in [-0.05, 0) is 54.8 Å². The van der Waals surface area contributed by atoms with E-state index in [2.05, 4.69) is 5.32 Å². The number of sulfonamides is 1. The van der Waals surface area contributed by atoms with Crippen LogP contribution in [-0.4, -0.2) is 38.5 Å². The van der Waals surface area contributed by atoms with Gasteiger partial charge in [0.25, 0.3) is 5.91 Å². The Kier molecular flexibility index (Phi) is 6.39. The molecule has 7 heteroatoms. The summed E-state index contributed by atoms with van der Waals surface area (Å²) in [4.78, 5) is 12.0. The third kappa shape index (κ3) is 6.16. The molecule has 0 saturated heterocycles. The molecule has 2 rings (SSSR count). The number of nitrogens with one attached hydrogen (secondary N) is 1. The third-order valence-electron chi connectivity index (χ3n) is 3.77. The van der Waals surface area contributed by atoms with Gasteiger partial charge in [0, 0.05) is 19.3 Å². The minimum absolute atomic E-state index is 0.102. The molecule has 0 heterocycles. The van der Waals surface area contributed by atoms with Crippen molar-refractivity contribution in [3.8, 4) is 5.75 Å². The van der Waals surface area contributed by atoms with Crippen molar-refractivity contribution in [2.75, 3.05) is 25.2 Å². The van der Waals surface area contributed by atoms with Crippen LogP contribution >= 0.6 is 0 Å². The first kappa shape index (κ1) is 19.9. The summed E-state index contributed by atoms with van der Waals surface area (Å²) in [5.41, 5.74) is 3.74. The topological polar surface area (TPSA) is 75.7 Å². The molecule has 0 aliphatic rings. The van der Waals surface area contributed by atoms with Crippen LogP contribution in [0.5, 0.6) is 5.75 Å². The van der Waals surface area contributed by atoms with Gasteiger partial charge in [-0.1, -0.05) is 18.2 Å². The van der Waals surface area contributed by atoms with Gasteiger partial charge < -0.3 is 10.1 Å². The van der Waals surface area contributed by atoms with Crippen LogP contribution in [0.15, 0.2) is 42.5 Å². The highest BCUT2D eigenvalue weighted by Gasteiger charge is 2.11.